The molecule has 0 aromatic heterocycles. The number of aliphatic carboxylic acids is 1. The van der Waals surface area contributed by atoms with Gasteiger partial charge in [-0.05, 0) is 20.3 Å². The molecule has 0 bridgehead atoms. The van der Waals surface area contributed by atoms with Gasteiger partial charge in [-0.2, -0.15) is 0 Å². The Morgan fingerprint density at radius 3 is 2.24 bits per heavy atom. The molecule has 0 aromatic carbocycles. The van der Waals surface area contributed by atoms with Gasteiger partial charge in [0.25, 0.3) is 0 Å². The molecule has 0 spiro atoms. The Balaban J connectivity index is 3.94. The van der Waals surface area contributed by atoms with Gasteiger partial charge in [0, 0.05) is 39.6 Å². The number of carbonyl (C=O) groups excluding carboxylic acids is 2. The van der Waals surface area contributed by atoms with Crippen LogP contribution in [0.4, 0.5) is 4.79 Å². The molecule has 0 aliphatic heterocycles. The smallest absolute Gasteiger partial charge is 0.317 e. The third-order valence-electron chi connectivity index (χ3n) is 3.28. The maximum Gasteiger partial charge on any atom is 0.317 e. The van der Waals surface area contributed by atoms with Crippen LogP contribution in [0.1, 0.15) is 33.6 Å². The normalized spacial score (nSPS) is 11.6. The number of carboxylic acid groups (broad SMARTS) is 1. The quantitative estimate of drug-likeness (QED) is 0.622. The molecule has 21 heavy (non-hydrogen) atoms. The number of carboxylic acids is 1. The summed E-state index contributed by atoms with van der Waals surface area (Å²) in [5.74, 6) is -1.45. The van der Waals surface area contributed by atoms with Gasteiger partial charge in [0.1, 0.15) is 0 Å². The summed E-state index contributed by atoms with van der Waals surface area (Å²) < 4.78 is 0. The molecule has 0 rings (SSSR count). The standard InChI is InChI=1S/C14H27N3O4/c1-5-17(6-2)12(18)8-7-9-15-14(21)16(4)10-11(3)13(19)20/h11H,5-10H2,1-4H3,(H,15,21)(H,19,20). The molecule has 0 saturated carbocycles. The van der Waals surface area contributed by atoms with E-state index < -0.39 is 11.9 Å². The summed E-state index contributed by atoms with van der Waals surface area (Å²) in [6.45, 7) is 7.35. The van der Waals surface area contributed by atoms with Crippen LogP contribution in [0, 0.1) is 5.92 Å². The van der Waals surface area contributed by atoms with E-state index in [9.17, 15) is 14.4 Å². The van der Waals surface area contributed by atoms with Crippen LogP contribution in [0.2, 0.25) is 0 Å². The van der Waals surface area contributed by atoms with Crippen LogP contribution in [-0.4, -0.2) is 66.0 Å². The van der Waals surface area contributed by atoms with E-state index >= 15 is 0 Å². The van der Waals surface area contributed by atoms with E-state index in [1.807, 2.05) is 13.8 Å². The van der Waals surface area contributed by atoms with Crippen molar-refractivity contribution in [3.63, 3.8) is 0 Å². The topological polar surface area (TPSA) is 90.0 Å². The Morgan fingerprint density at radius 2 is 1.76 bits per heavy atom. The fraction of sp³-hybridized carbons (Fsp3) is 0.786. The summed E-state index contributed by atoms with van der Waals surface area (Å²) in [6, 6.07) is -0.321. The molecule has 1 atom stereocenters. The third kappa shape index (κ3) is 7.53. The fourth-order valence-corrected chi connectivity index (χ4v) is 1.88. The Kier molecular flexibility index (Phi) is 9.16. The van der Waals surface area contributed by atoms with Crippen LogP contribution in [-0.2, 0) is 9.59 Å². The number of nitrogens with zero attached hydrogens (tertiary/aromatic N) is 2. The highest BCUT2D eigenvalue weighted by Gasteiger charge is 2.17. The minimum atomic E-state index is -0.931. The fourth-order valence-electron chi connectivity index (χ4n) is 1.88. The summed E-state index contributed by atoms with van der Waals surface area (Å²) in [4.78, 5) is 37.3. The molecule has 0 fully saturated rings. The van der Waals surface area contributed by atoms with Gasteiger partial charge in [-0.1, -0.05) is 6.92 Å². The Hall–Kier alpha value is -1.79. The maximum atomic E-state index is 11.7. The van der Waals surface area contributed by atoms with Crippen molar-refractivity contribution < 1.29 is 19.5 Å². The molecule has 0 aliphatic rings. The highest BCUT2D eigenvalue weighted by molar-refractivity contribution is 5.77. The lowest BCUT2D eigenvalue weighted by atomic mass is 10.2. The zero-order valence-electron chi connectivity index (χ0n) is 13.4. The second-order valence-corrected chi connectivity index (χ2v) is 5.02. The molecule has 0 aliphatic carbocycles. The molecular formula is C14H27N3O4. The summed E-state index contributed by atoms with van der Waals surface area (Å²) >= 11 is 0. The van der Waals surface area contributed by atoms with Crippen molar-refractivity contribution in [2.45, 2.75) is 33.6 Å². The lowest BCUT2D eigenvalue weighted by molar-refractivity contribution is -0.141. The van der Waals surface area contributed by atoms with Gasteiger partial charge >= 0.3 is 12.0 Å². The first-order chi connectivity index (χ1) is 9.83. The van der Waals surface area contributed by atoms with Crippen LogP contribution in [0.15, 0.2) is 0 Å². The number of amides is 3. The molecule has 1 unspecified atom stereocenters. The van der Waals surface area contributed by atoms with E-state index in [0.29, 0.717) is 32.5 Å². The molecule has 0 heterocycles. The van der Waals surface area contributed by atoms with Crippen LogP contribution < -0.4 is 5.32 Å². The second kappa shape index (κ2) is 10.0. The molecule has 0 aromatic rings. The van der Waals surface area contributed by atoms with E-state index in [1.54, 1.807) is 18.9 Å². The van der Waals surface area contributed by atoms with Gasteiger partial charge in [0.05, 0.1) is 5.92 Å². The summed E-state index contributed by atoms with van der Waals surface area (Å²) in [5.41, 5.74) is 0. The molecule has 122 valence electrons. The van der Waals surface area contributed by atoms with Crippen molar-refractivity contribution in [3.8, 4) is 0 Å². The van der Waals surface area contributed by atoms with Crippen molar-refractivity contribution >= 4 is 17.9 Å². The predicted molar refractivity (Wildman–Crippen MR) is 80.0 cm³/mol. The molecular weight excluding hydrogens is 274 g/mol. The summed E-state index contributed by atoms with van der Waals surface area (Å²) in [6.07, 6.45) is 0.973. The number of hydrogen-bond donors (Lipinski definition) is 2. The summed E-state index contributed by atoms with van der Waals surface area (Å²) in [5, 5.41) is 11.5. The monoisotopic (exact) mass is 301 g/mol. The highest BCUT2D eigenvalue weighted by Crippen LogP contribution is 2.00. The third-order valence-corrected chi connectivity index (χ3v) is 3.28. The lowest BCUT2D eigenvalue weighted by Crippen LogP contribution is -2.41. The predicted octanol–water partition coefficient (Wildman–Crippen LogP) is 0.997. The number of urea groups is 1. The second-order valence-electron chi connectivity index (χ2n) is 5.02. The van der Waals surface area contributed by atoms with Gasteiger partial charge in [-0.15, -0.1) is 0 Å². The van der Waals surface area contributed by atoms with Gasteiger partial charge in [-0.3, -0.25) is 9.59 Å². The highest BCUT2D eigenvalue weighted by atomic mass is 16.4. The number of nitrogens with one attached hydrogen (secondary N) is 1. The molecule has 0 saturated heterocycles. The van der Waals surface area contributed by atoms with Crippen molar-refractivity contribution in [2.24, 2.45) is 5.92 Å². The van der Waals surface area contributed by atoms with Crippen LogP contribution in [0.5, 0.6) is 0 Å². The first-order valence-corrected chi connectivity index (χ1v) is 7.32. The zero-order chi connectivity index (χ0) is 16.4. The number of carbonyl (C=O) groups is 3. The van der Waals surface area contributed by atoms with E-state index in [4.69, 9.17) is 5.11 Å². The molecule has 7 heteroatoms. The minimum Gasteiger partial charge on any atom is -0.481 e. The van der Waals surface area contributed by atoms with E-state index in [1.165, 1.54) is 4.90 Å². The van der Waals surface area contributed by atoms with E-state index in [0.717, 1.165) is 0 Å². The van der Waals surface area contributed by atoms with E-state index in [-0.39, 0.29) is 18.5 Å². The largest absolute Gasteiger partial charge is 0.481 e. The van der Waals surface area contributed by atoms with Crippen LogP contribution in [0.3, 0.4) is 0 Å². The SMILES string of the molecule is CCN(CC)C(=O)CCCNC(=O)N(C)CC(C)C(=O)O. The van der Waals surface area contributed by atoms with Gasteiger partial charge in [-0.25, -0.2) is 4.79 Å². The molecule has 3 amide bonds. The zero-order valence-corrected chi connectivity index (χ0v) is 13.4. The molecule has 7 nitrogen and oxygen atoms in total. The summed E-state index contributed by atoms with van der Waals surface area (Å²) in [7, 11) is 1.55. The van der Waals surface area contributed by atoms with Crippen LogP contribution in [0.25, 0.3) is 0 Å². The van der Waals surface area contributed by atoms with E-state index in [2.05, 4.69) is 5.32 Å². The van der Waals surface area contributed by atoms with Gasteiger partial charge in [0.2, 0.25) is 5.91 Å². The van der Waals surface area contributed by atoms with Gasteiger partial charge in [0.15, 0.2) is 0 Å². The Morgan fingerprint density at radius 1 is 1.19 bits per heavy atom. The van der Waals surface area contributed by atoms with Crippen molar-refractivity contribution in [1.82, 2.24) is 15.1 Å². The average Bonchev–Trinajstić information content (AvgIpc) is 2.44. The Labute approximate surface area is 126 Å². The lowest BCUT2D eigenvalue weighted by Gasteiger charge is -2.20. The first kappa shape index (κ1) is 19.2. The molecule has 2 N–H and O–H groups in total. The minimum absolute atomic E-state index is 0.0853. The number of rotatable bonds is 9. The maximum absolute atomic E-state index is 11.7. The van der Waals surface area contributed by atoms with Crippen molar-refractivity contribution in [1.29, 1.82) is 0 Å². The molecule has 0 radical (unpaired) electrons. The van der Waals surface area contributed by atoms with Crippen molar-refractivity contribution in [3.05, 3.63) is 0 Å². The van der Waals surface area contributed by atoms with Crippen molar-refractivity contribution in [2.75, 3.05) is 33.2 Å². The number of hydrogen-bond acceptors (Lipinski definition) is 3. The average molecular weight is 301 g/mol. The first-order valence-electron chi connectivity index (χ1n) is 7.32. The van der Waals surface area contributed by atoms with Gasteiger partial charge < -0.3 is 20.2 Å². The van der Waals surface area contributed by atoms with Crippen LogP contribution >= 0.6 is 0 Å². The Bertz CT molecular complexity index is 356.